The monoisotopic (exact) mass is 252 g/mol. The highest BCUT2D eigenvalue weighted by Crippen LogP contribution is 2.26. The highest BCUT2D eigenvalue weighted by Gasteiger charge is 2.08. The Labute approximate surface area is 112 Å². The molecule has 0 radical (unpaired) electrons. The Morgan fingerprint density at radius 2 is 1.84 bits per heavy atom. The zero-order valence-electron chi connectivity index (χ0n) is 10.3. The maximum absolute atomic E-state index is 13.0. The fourth-order valence-electron chi connectivity index (χ4n) is 1.95. The van der Waals surface area contributed by atoms with Gasteiger partial charge in [-0.25, -0.2) is 4.39 Å². The quantitative estimate of drug-likeness (QED) is 0.831. The van der Waals surface area contributed by atoms with Crippen LogP contribution in [0.4, 0.5) is 4.39 Å². The van der Waals surface area contributed by atoms with Crippen molar-refractivity contribution in [1.29, 1.82) is 0 Å². The molecular formula is C17H13FO. The average Bonchev–Trinajstić information content (AvgIpc) is 2.46. The summed E-state index contributed by atoms with van der Waals surface area (Å²) in [6.45, 7) is -0.106. The molecule has 0 fully saturated rings. The zero-order valence-corrected chi connectivity index (χ0v) is 10.3. The van der Waals surface area contributed by atoms with E-state index in [4.69, 9.17) is 6.42 Å². The molecule has 2 rings (SSSR count). The molecular weight excluding hydrogens is 239 g/mol. The van der Waals surface area contributed by atoms with Gasteiger partial charge in [-0.2, -0.15) is 0 Å². The van der Waals surface area contributed by atoms with E-state index in [-0.39, 0.29) is 12.4 Å². The molecule has 0 aliphatic heterocycles. The Balaban J connectivity index is 2.56. The Morgan fingerprint density at radius 1 is 1.16 bits per heavy atom. The number of rotatable bonds is 3. The smallest absolute Gasteiger partial charge is 0.123 e. The summed E-state index contributed by atoms with van der Waals surface area (Å²) >= 11 is 0. The molecule has 0 bridgehead atoms. The van der Waals surface area contributed by atoms with Crippen LogP contribution in [0.3, 0.4) is 0 Å². The number of hydrogen-bond donors (Lipinski definition) is 1. The van der Waals surface area contributed by atoms with Gasteiger partial charge in [-0.1, -0.05) is 42.3 Å². The number of halogens is 1. The van der Waals surface area contributed by atoms with Crippen molar-refractivity contribution in [2.75, 3.05) is 6.61 Å². The third kappa shape index (κ3) is 2.90. The highest BCUT2D eigenvalue weighted by molar-refractivity contribution is 5.82. The first kappa shape index (κ1) is 13.1. The number of hydrogen-bond acceptors (Lipinski definition) is 1. The maximum atomic E-state index is 13.0. The third-order valence-corrected chi connectivity index (χ3v) is 2.82. The summed E-state index contributed by atoms with van der Waals surface area (Å²) in [5.74, 6) is 2.32. The molecule has 0 amide bonds. The van der Waals surface area contributed by atoms with Crippen LogP contribution in [0.1, 0.15) is 16.7 Å². The molecule has 0 heterocycles. The van der Waals surface area contributed by atoms with E-state index in [9.17, 15) is 9.50 Å². The number of aliphatic hydroxyl groups excluding tert-OH is 1. The van der Waals surface area contributed by atoms with E-state index in [0.29, 0.717) is 0 Å². The van der Waals surface area contributed by atoms with Crippen LogP contribution < -0.4 is 0 Å². The van der Waals surface area contributed by atoms with Gasteiger partial charge in [-0.05, 0) is 34.9 Å². The molecule has 2 aromatic rings. The Kier molecular flexibility index (Phi) is 4.12. The van der Waals surface area contributed by atoms with Crippen LogP contribution in [0.5, 0.6) is 0 Å². The second-order valence-electron chi connectivity index (χ2n) is 4.00. The first-order valence-electron chi connectivity index (χ1n) is 5.89. The van der Waals surface area contributed by atoms with Crippen molar-refractivity contribution in [2.24, 2.45) is 0 Å². The summed E-state index contributed by atoms with van der Waals surface area (Å²) in [5, 5.41) is 9.18. The minimum absolute atomic E-state index is 0.106. The molecule has 1 nitrogen and oxygen atoms in total. The molecule has 0 aromatic heterocycles. The van der Waals surface area contributed by atoms with Crippen LogP contribution in [0.2, 0.25) is 0 Å². The van der Waals surface area contributed by atoms with E-state index >= 15 is 0 Å². The maximum Gasteiger partial charge on any atom is 0.123 e. The molecule has 0 aliphatic rings. The standard InChI is InChI=1S/C17H13FO/c1-2-13-5-3-4-6-16(13)17(11-12-19)14-7-9-15(18)10-8-14/h1,3-11,19H,12H2. The minimum atomic E-state index is -0.294. The Morgan fingerprint density at radius 3 is 2.47 bits per heavy atom. The van der Waals surface area contributed by atoms with Crippen molar-refractivity contribution in [3.63, 3.8) is 0 Å². The van der Waals surface area contributed by atoms with Crippen molar-refractivity contribution >= 4 is 5.57 Å². The van der Waals surface area contributed by atoms with Crippen LogP contribution in [0, 0.1) is 18.2 Å². The zero-order chi connectivity index (χ0) is 13.7. The molecule has 2 heteroatoms. The van der Waals surface area contributed by atoms with E-state index in [1.807, 2.05) is 24.3 Å². The average molecular weight is 252 g/mol. The molecule has 1 N–H and O–H groups in total. The molecule has 0 aliphatic carbocycles. The van der Waals surface area contributed by atoms with Crippen LogP contribution >= 0.6 is 0 Å². The predicted molar refractivity (Wildman–Crippen MR) is 74.9 cm³/mol. The lowest BCUT2D eigenvalue weighted by Gasteiger charge is -2.10. The molecule has 0 spiro atoms. The van der Waals surface area contributed by atoms with Gasteiger partial charge in [0.25, 0.3) is 0 Å². The fraction of sp³-hybridized carbons (Fsp3) is 0.0588. The summed E-state index contributed by atoms with van der Waals surface area (Å²) in [6, 6.07) is 13.6. The van der Waals surface area contributed by atoms with Gasteiger partial charge in [0, 0.05) is 5.56 Å². The minimum Gasteiger partial charge on any atom is -0.392 e. The van der Waals surface area contributed by atoms with E-state index in [1.54, 1.807) is 18.2 Å². The van der Waals surface area contributed by atoms with Crippen molar-refractivity contribution in [2.45, 2.75) is 0 Å². The van der Waals surface area contributed by atoms with Crippen molar-refractivity contribution < 1.29 is 9.50 Å². The topological polar surface area (TPSA) is 20.2 Å². The van der Waals surface area contributed by atoms with Gasteiger partial charge in [0.15, 0.2) is 0 Å². The van der Waals surface area contributed by atoms with E-state index in [0.717, 1.165) is 22.3 Å². The summed E-state index contributed by atoms with van der Waals surface area (Å²) in [6.07, 6.45) is 7.16. The van der Waals surface area contributed by atoms with Gasteiger partial charge in [0.2, 0.25) is 0 Å². The molecule has 19 heavy (non-hydrogen) atoms. The van der Waals surface area contributed by atoms with Gasteiger partial charge in [0.05, 0.1) is 6.61 Å². The van der Waals surface area contributed by atoms with Crippen LogP contribution in [0.25, 0.3) is 5.57 Å². The Bertz CT molecular complexity index is 633. The number of terminal acetylenes is 1. The normalized spacial score (nSPS) is 11.1. The molecule has 2 aromatic carbocycles. The van der Waals surface area contributed by atoms with E-state index < -0.39 is 0 Å². The molecule has 0 saturated carbocycles. The molecule has 0 saturated heterocycles. The number of benzene rings is 2. The summed E-state index contributed by atoms with van der Waals surface area (Å²) in [7, 11) is 0. The van der Waals surface area contributed by atoms with E-state index in [1.165, 1.54) is 12.1 Å². The van der Waals surface area contributed by atoms with Gasteiger partial charge < -0.3 is 5.11 Å². The second-order valence-corrected chi connectivity index (χ2v) is 4.00. The number of aliphatic hydroxyl groups is 1. The summed E-state index contributed by atoms with van der Waals surface area (Å²) in [4.78, 5) is 0. The van der Waals surface area contributed by atoms with Crippen molar-refractivity contribution in [1.82, 2.24) is 0 Å². The second kappa shape index (κ2) is 5.99. The largest absolute Gasteiger partial charge is 0.392 e. The van der Waals surface area contributed by atoms with Crippen LogP contribution in [0.15, 0.2) is 54.6 Å². The van der Waals surface area contributed by atoms with E-state index in [2.05, 4.69) is 5.92 Å². The van der Waals surface area contributed by atoms with Crippen molar-refractivity contribution in [3.05, 3.63) is 77.1 Å². The van der Waals surface area contributed by atoms with Gasteiger partial charge in [-0.3, -0.25) is 0 Å². The predicted octanol–water partition coefficient (Wildman–Crippen LogP) is 3.23. The highest BCUT2D eigenvalue weighted by atomic mass is 19.1. The van der Waals surface area contributed by atoms with Crippen molar-refractivity contribution in [3.8, 4) is 12.3 Å². The first-order valence-corrected chi connectivity index (χ1v) is 5.89. The Hall–Kier alpha value is -2.37. The third-order valence-electron chi connectivity index (χ3n) is 2.82. The summed E-state index contributed by atoms with van der Waals surface area (Å²) in [5.41, 5.74) is 3.21. The lowest BCUT2D eigenvalue weighted by Crippen LogP contribution is -1.94. The first-order chi connectivity index (χ1) is 9.26. The molecule has 0 unspecified atom stereocenters. The SMILES string of the molecule is C#Cc1ccccc1C(=CCO)c1ccc(F)cc1. The molecule has 94 valence electrons. The lowest BCUT2D eigenvalue weighted by atomic mass is 9.94. The lowest BCUT2D eigenvalue weighted by molar-refractivity contribution is 0.343. The molecule has 0 atom stereocenters. The van der Waals surface area contributed by atoms with Gasteiger partial charge >= 0.3 is 0 Å². The van der Waals surface area contributed by atoms with Gasteiger partial charge in [0.1, 0.15) is 5.82 Å². The summed E-state index contributed by atoms with van der Waals surface area (Å²) < 4.78 is 13.0. The van der Waals surface area contributed by atoms with Gasteiger partial charge in [-0.15, -0.1) is 6.42 Å². The fourth-order valence-corrected chi connectivity index (χ4v) is 1.95. The van der Waals surface area contributed by atoms with Crippen LogP contribution in [-0.4, -0.2) is 11.7 Å². The van der Waals surface area contributed by atoms with Crippen LogP contribution in [-0.2, 0) is 0 Å².